The van der Waals surface area contributed by atoms with Gasteiger partial charge in [-0.05, 0) is 25.2 Å². The molecule has 0 aliphatic rings. The van der Waals surface area contributed by atoms with Crippen LogP contribution in [-0.2, 0) is 28.6 Å². The van der Waals surface area contributed by atoms with Crippen molar-refractivity contribution in [1.82, 2.24) is 0 Å². The van der Waals surface area contributed by atoms with Crippen molar-refractivity contribution in [3.63, 3.8) is 0 Å². The van der Waals surface area contributed by atoms with E-state index in [1.165, 1.54) is 135 Å². The number of unbranched alkanes of at least 4 members (excludes halogenated alkanes) is 26. The number of carbonyl (C=O) groups excluding carboxylic acids is 3. The lowest BCUT2D eigenvalue weighted by Gasteiger charge is -2.18. The summed E-state index contributed by atoms with van der Waals surface area (Å²) in [5.74, 6) is -0.0306. The fraction of sp³-hybridized carbons (Fsp3) is 0.932. The van der Waals surface area contributed by atoms with Crippen molar-refractivity contribution in [2.45, 2.75) is 246 Å². The summed E-state index contributed by atoms with van der Waals surface area (Å²) in [5, 5.41) is 0. The molecule has 0 aliphatic carbocycles. The first-order valence-corrected chi connectivity index (χ1v) is 21.9. The molecule has 0 bridgehead atoms. The molecular weight excluding hydrogens is 624 g/mol. The van der Waals surface area contributed by atoms with Crippen LogP contribution in [0.15, 0.2) is 0 Å². The van der Waals surface area contributed by atoms with Crippen molar-refractivity contribution >= 4 is 17.9 Å². The topological polar surface area (TPSA) is 78.9 Å². The summed E-state index contributed by atoms with van der Waals surface area (Å²) in [6.45, 7) is 8.94. The number of ether oxygens (including phenoxy) is 3. The Hall–Kier alpha value is -1.59. The fourth-order valence-electron chi connectivity index (χ4n) is 6.45. The maximum absolute atomic E-state index is 12.6. The first-order chi connectivity index (χ1) is 24.4. The molecule has 0 rings (SSSR count). The molecule has 0 unspecified atom stereocenters. The van der Waals surface area contributed by atoms with Crippen LogP contribution in [-0.4, -0.2) is 37.2 Å². The molecule has 50 heavy (non-hydrogen) atoms. The molecule has 6 heteroatoms. The van der Waals surface area contributed by atoms with E-state index in [0.29, 0.717) is 19.3 Å². The van der Waals surface area contributed by atoms with Gasteiger partial charge in [0.2, 0.25) is 0 Å². The minimum absolute atomic E-state index is 0.0646. The molecule has 0 spiro atoms. The lowest BCUT2D eigenvalue weighted by Crippen LogP contribution is -2.30. The van der Waals surface area contributed by atoms with Gasteiger partial charge in [0.05, 0.1) is 0 Å². The van der Waals surface area contributed by atoms with Gasteiger partial charge in [0.25, 0.3) is 0 Å². The van der Waals surface area contributed by atoms with Crippen LogP contribution in [0, 0.1) is 5.92 Å². The summed E-state index contributed by atoms with van der Waals surface area (Å²) in [6, 6.07) is 0. The molecule has 0 aliphatic heterocycles. The van der Waals surface area contributed by atoms with Crippen molar-refractivity contribution in [3.8, 4) is 0 Å². The van der Waals surface area contributed by atoms with Crippen LogP contribution in [0.25, 0.3) is 0 Å². The Bertz CT molecular complexity index is 751. The van der Waals surface area contributed by atoms with Crippen LogP contribution in [0.2, 0.25) is 0 Å². The average Bonchev–Trinajstić information content (AvgIpc) is 3.09. The van der Waals surface area contributed by atoms with Crippen LogP contribution in [0.3, 0.4) is 0 Å². The lowest BCUT2D eigenvalue weighted by atomic mass is 10.0. The molecule has 296 valence electrons. The Labute approximate surface area is 310 Å². The highest BCUT2D eigenvalue weighted by atomic mass is 16.6. The molecule has 6 nitrogen and oxygen atoms in total. The number of esters is 3. The van der Waals surface area contributed by atoms with Gasteiger partial charge >= 0.3 is 17.9 Å². The third-order valence-corrected chi connectivity index (χ3v) is 9.79. The normalized spacial score (nSPS) is 11.9. The van der Waals surface area contributed by atoms with E-state index < -0.39 is 6.10 Å². The minimum Gasteiger partial charge on any atom is -0.462 e. The monoisotopic (exact) mass is 709 g/mol. The highest BCUT2D eigenvalue weighted by molar-refractivity contribution is 5.71. The van der Waals surface area contributed by atoms with Gasteiger partial charge < -0.3 is 14.2 Å². The van der Waals surface area contributed by atoms with Gasteiger partial charge in [-0.2, -0.15) is 0 Å². The van der Waals surface area contributed by atoms with E-state index in [4.69, 9.17) is 14.2 Å². The second-order valence-corrected chi connectivity index (χ2v) is 15.5. The van der Waals surface area contributed by atoms with Crippen molar-refractivity contribution in [2.75, 3.05) is 13.2 Å². The molecule has 0 aromatic rings. The summed E-state index contributed by atoms with van der Waals surface area (Å²) in [6.07, 6.45) is 36.7. The van der Waals surface area contributed by atoms with E-state index in [1.807, 2.05) is 0 Å². The highest BCUT2D eigenvalue weighted by Crippen LogP contribution is 2.16. The first-order valence-electron chi connectivity index (χ1n) is 21.9. The lowest BCUT2D eigenvalue weighted by molar-refractivity contribution is -0.167. The molecule has 0 saturated carbocycles. The number of hydrogen-bond acceptors (Lipinski definition) is 6. The zero-order valence-corrected chi connectivity index (χ0v) is 33.9. The van der Waals surface area contributed by atoms with Gasteiger partial charge in [-0.1, -0.05) is 201 Å². The first kappa shape index (κ1) is 48.4. The molecule has 0 amide bonds. The van der Waals surface area contributed by atoms with Crippen LogP contribution in [0.1, 0.15) is 240 Å². The third-order valence-electron chi connectivity index (χ3n) is 9.79. The van der Waals surface area contributed by atoms with Crippen LogP contribution >= 0.6 is 0 Å². The van der Waals surface area contributed by atoms with Gasteiger partial charge in [0.1, 0.15) is 13.2 Å². The van der Waals surface area contributed by atoms with Crippen molar-refractivity contribution in [1.29, 1.82) is 0 Å². The quantitative estimate of drug-likeness (QED) is 0.0359. The van der Waals surface area contributed by atoms with E-state index in [0.717, 1.165) is 63.7 Å². The van der Waals surface area contributed by atoms with E-state index >= 15 is 0 Å². The molecule has 0 saturated heterocycles. The third kappa shape index (κ3) is 37.7. The molecule has 0 aromatic heterocycles. The van der Waals surface area contributed by atoms with E-state index in [9.17, 15) is 14.4 Å². The molecule has 0 N–H and O–H groups in total. The smallest absolute Gasteiger partial charge is 0.306 e. The van der Waals surface area contributed by atoms with Gasteiger partial charge in [0.15, 0.2) is 6.10 Å². The predicted octanol–water partition coefficient (Wildman–Crippen LogP) is 13.6. The summed E-state index contributed by atoms with van der Waals surface area (Å²) < 4.78 is 16.6. The van der Waals surface area contributed by atoms with E-state index in [-0.39, 0.29) is 31.1 Å². The van der Waals surface area contributed by atoms with Gasteiger partial charge in [-0.25, -0.2) is 0 Å². The second kappa shape index (κ2) is 38.6. The number of hydrogen-bond donors (Lipinski definition) is 0. The predicted molar refractivity (Wildman–Crippen MR) is 210 cm³/mol. The maximum Gasteiger partial charge on any atom is 0.306 e. The Balaban J connectivity index is 4.23. The molecule has 0 fully saturated rings. The zero-order valence-electron chi connectivity index (χ0n) is 33.9. The van der Waals surface area contributed by atoms with Crippen molar-refractivity contribution in [3.05, 3.63) is 0 Å². The molecule has 0 aromatic carbocycles. The Morgan fingerprint density at radius 1 is 0.380 bits per heavy atom. The van der Waals surface area contributed by atoms with Crippen LogP contribution < -0.4 is 0 Å². The molecule has 0 heterocycles. The largest absolute Gasteiger partial charge is 0.462 e. The van der Waals surface area contributed by atoms with Gasteiger partial charge in [0, 0.05) is 19.3 Å². The summed E-state index contributed by atoms with van der Waals surface area (Å²) in [4.78, 5) is 37.5. The molecule has 0 radical (unpaired) electrons. The average molecular weight is 709 g/mol. The van der Waals surface area contributed by atoms with Crippen molar-refractivity contribution < 1.29 is 28.6 Å². The highest BCUT2D eigenvalue weighted by Gasteiger charge is 2.19. The standard InChI is InChI=1S/C44H84O6/c1-5-7-9-11-13-14-20-24-27-31-35-42(45)48-38-41(50-44(47)37-33-29-22-12-10-8-6-2)39-49-43(46)36-32-28-25-21-18-16-15-17-19-23-26-30-34-40(3)4/h40-41H,5-39H2,1-4H3/t41-/m1/s1. The Morgan fingerprint density at radius 2 is 0.660 bits per heavy atom. The summed E-state index contributed by atoms with van der Waals surface area (Å²) in [7, 11) is 0. The molecule has 1 atom stereocenters. The SMILES string of the molecule is CCCCCCCCCCCCC(=O)OC[C@H](COC(=O)CCCCCCCCCCCCCCC(C)C)OC(=O)CCCCCCCCC. The van der Waals surface area contributed by atoms with Gasteiger partial charge in [-0.15, -0.1) is 0 Å². The number of carbonyl (C=O) groups is 3. The summed E-state index contributed by atoms with van der Waals surface area (Å²) in [5.41, 5.74) is 0. The zero-order chi connectivity index (χ0) is 36.8. The van der Waals surface area contributed by atoms with Gasteiger partial charge in [-0.3, -0.25) is 14.4 Å². The van der Waals surface area contributed by atoms with E-state index in [1.54, 1.807) is 0 Å². The molecular formula is C44H84O6. The van der Waals surface area contributed by atoms with Crippen LogP contribution in [0.4, 0.5) is 0 Å². The fourth-order valence-corrected chi connectivity index (χ4v) is 6.45. The summed E-state index contributed by atoms with van der Waals surface area (Å²) >= 11 is 0. The van der Waals surface area contributed by atoms with Crippen molar-refractivity contribution in [2.24, 2.45) is 5.92 Å². The van der Waals surface area contributed by atoms with Crippen LogP contribution in [0.5, 0.6) is 0 Å². The Morgan fingerprint density at radius 3 is 0.980 bits per heavy atom. The van der Waals surface area contributed by atoms with E-state index in [2.05, 4.69) is 27.7 Å². The minimum atomic E-state index is -0.757. The maximum atomic E-state index is 12.6. The Kier molecular flexibility index (Phi) is 37.4. The second-order valence-electron chi connectivity index (χ2n) is 15.5. The number of rotatable bonds is 39.